The van der Waals surface area contributed by atoms with Gasteiger partial charge in [0.25, 0.3) is 5.91 Å². The average Bonchev–Trinajstić information content (AvgIpc) is 2.00. The van der Waals surface area contributed by atoms with Gasteiger partial charge in [-0.05, 0) is 6.92 Å². The van der Waals surface area contributed by atoms with Crippen molar-refractivity contribution in [3.63, 3.8) is 0 Å². The van der Waals surface area contributed by atoms with Gasteiger partial charge in [0.05, 0.1) is 0 Å². The molecular formula is C6H11NO3. The van der Waals surface area contributed by atoms with Crippen LogP contribution in [0.1, 0.15) is 6.92 Å². The Morgan fingerprint density at radius 2 is 2.00 bits per heavy atom. The molecule has 0 radical (unpaired) electrons. The summed E-state index contributed by atoms with van der Waals surface area (Å²) in [5.74, 6) is -1.39. The SMILES string of the molecule is CCN(C)C(=O)C(=O)CO. The zero-order valence-electron chi connectivity index (χ0n) is 6.13. The van der Waals surface area contributed by atoms with E-state index < -0.39 is 18.3 Å². The van der Waals surface area contributed by atoms with Gasteiger partial charge in [0.15, 0.2) is 0 Å². The molecule has 0 saturated heterocycles. The minimum absolute atomic E-state index is 0.477. The Morgan fingerprint density at radius 3 is 2.30 bits per heavy atom. The van der Waals surface area contributed by atoms with Crippen LogP contribution in [0.4, 0.5) is 0 Å². The molecule has 0 aliphatic rings. The monoisotopic (exact) mass is 145 g/mol. The molecule has 0 bridgehead atoms. The molecule has 0 heterocycles. The molecule has 0 rings (SSSR count). The van der Waals surface area contributed by atoms with Gasteiger partial charge >= 0.3 is 0 Å². The summed E-state index contributed by atoms with van der Waals surface area (Å²) in [5.41, 5.74) is 0. The van der Waals surface area contributed by atoms with Crippen LogP contribution in [-0.4, -0.2) is 41.9 Å². The van der Waals surface area contributed by atoms with E-state index in [9.17, 15) is 9.59 Å². The Hall–Kier alpha value is -0.900. The van der Waals surface area contributed by atoms with Gasteiger partial charge in [-0.3, -0.25) is 9.59 Å². The number of carbonyl (C=O) groups is 2. The molecule has 0 aromatic rings. The van der Waals surface area contributed by atoms with Gasteiger partial charge in [-0.25, -0.2) is 0 Å². The van der Waals surface area contributed by atoms with Crippen LogP contribution < -0.4 is 0 Å². The first-order valence-electron chi connectivity index (χ1n) is 3.02. The van der Waals surface area contributed by atoms with E-state index >= 15 is 0 Å². The second-order valence-corrected chi connectivity index (χ2v) is 1.90. The summed E-state index contributed by atoms with van der Waals surface area (Å²) < 4.78 is 0. The molecule has 0 aliphatic heterocycles. The largest absolute Gasteiger partial charge is 0.388 e. The third-order valence-corrected chi connectivity index (χ3v) is 1.20. The topological polar surface area (TPSA) is 57.6 Å². The maximum Gasteiger partial charge on any atom is 0.292 e. The lowest BCUT2D eigenvalue weighted by molar-refractivity contribution is -0.145. The van der Waals surface area contributed by atoms with Gasteiger partial charge in [0.2, 0.25) is 5.78 Å². The van der Waals surface area contributed by atoms with Crippen molar-refractivity contribution in [2.45, 2.75) is 6.92 Å². The second kappa shape index (κ2) is 4.00. The van der Waals surface area contributed by atoms with Gasteiger partial charge in [0.1, 0.15) is 6.61 Å². The highest BCUT2D eigenvalue weighted by atomic mass is 16.3. The molecule has 0 saturated carbocycles. The summed E-state index contributed by atoms with van der Waals surface area (Å²) in [6.45, 7) is 1.52. The fraction of sp³-hybridized carbons (Fsp3) is 0.667. The van der Waals surface area contributed by atoms with Gasteiger partial charge in [0, 0.05) is 13.6 Å². The number of rotatable bonds is 3. The van der Waals surface area contributed by atoms with Crippen LogP contribution in [0.3, 0.4) is 0 Å². The molecule has 58 valence electrons. The van der Waals surface area contributed by atoms with E-state index in [0.717, 1.165) is 0 Å². The van der Waals surface area contributed by atoms with Crippen molar-refractivity contribution in [2.24, 2.45) is 0 Å². The number of carbonyl (C=O) groups excluding carboxylic acids is 2. The maximum absolute atomic E-state index is 10.7. The number of ketones is 1. The van der Waals surface area contributed by atoms with Crippen molar-refractivity contribution in [3.05, 3.63) is 0 Å². The third kappa shape index (κ3) is 2.14. The summed E-state index contributed by atoms with van der Waals surface area (Å²) in [4.78, 5) is 22.4. The van der Waals surface area contributed by atoms with E-state index in [0.29, 0.717) is 6.54 Å². The van der Waals surface area contributed by atoms with Crippen molar-refractivity contribution < 1.29 is 14.7 Å². The Labute approximate surface area is 59.4 Å². The van der Waals surface area contributed by atoms with Crippen molar-refractivity contribution in [1.82, 2.24) is 4.90 Å². The highest BCUT2D eigenvalue weighted by molar-refractivity contribution is 6.36. The molecule has 0 aromatic heterocycles. The minimum atomic E-state index is -0.760. The Bertz CT molecular complexity index is 144. The fourth-order valence-corrected chi connectivity index (χ4v) is 0.424. The number of nitrogens with zero attached hydrogens (tertiary/aromatic N) is 1. The number of likely N-dealkylation sites (N-methyl/N-ethyl adjacent to an activating group) is 1. The maximum atomic E-state index is 10.7. The summed E-state index contributed by atoms with van der Waals surface area (Å²) in [5, 5.41) is 8.25. The van der Waals surface area contributed by atoms with Crippen molar-refractivity contribution in [2.75, 3.05) is 20.2 Å². The Balaban J connectivity index is 3.95. The molecule has 0 atom stereocenters. The molecule has 0 aliphatic carbocycles. The number of hydrogen-bond acceptors (Lipinski definition) is 3. The first kappa shape index (κ1) is 9.10. The molecular weight excluding hydrogens is 134 g/mol. The number of hydrogen-bond donors (Lipinski definition) is 1. The van der Waals surface area contributed by atoms with E-state index in [1.54, 1.807) is 6.92 Å². The molecule has 0 aromatic carbocycles. The molecule has 10 heavy (non-hydrogen) atoms. The summed E-state index contributed by atoms with van der Waals surface area (Å²) in [7, 11) is 1.51. The van der Waals surface area contributed by atoms with Crippen molar-refractivity contribution in [1.29, 1.82) is 0 Å². The average molecular weight is 145 g/mol. The third-order valence-electron chi connectivity index (χ3n) is 1.20. The summed E-state index contributed by atoms with van der Waals surface area (Å²) in [6, 6.07) is 0. The standard InChI is InChI=1S/C6H11NO3/c1-3-7(2)6(10)5(9)4-8/h8H,3-4H2,1-2H3. The highest BCUT2D eigenvalue weighted by Gasteiger charge is 2.14. The van der Waals surface area contributed by atoms with Crippen LogP contribution in [0, 0.1) is 0 Å². The molecule has 1 N–H and O–H groups in total. The fourth-order valence-electron chi connectivity index (χ4n) is 0.424. The normalized spacial score (nSPS) is 9.10. The van der Waals surface area contributed by atoms with Crippen LogP contribution >= 0.6 is 0 Å². The lowest BCUT2D eigenvalue weighted by Gasteiger charge is -2.11. The number of aliphatic hydroxyl groups is 1. The number of amides is 1. The first-order chi connectivity index (χ1) is 4.63. The quantitative estimate of drug-likeness (QED) is 0.519. The molecule has 1 amide bonds. The summed E-state index contributed by atoms with van der Waals surface area (Å²) >= 11 is 0. The van der Waals surface area contributed by atoms with Gasteiger partial charge in [-0.2, -0.15) is 0 Å². The van der Waals surface area contributed by atoms with E-state index in [4.69, 9.17) is 5.11 Å². The van der Waals surface area contributed by atoms with E-state index in [1.165, 1.54) is 11.9 Å². The molecule has 4 heteroatoms. The number of Topliss-reactive ketones (excluding diaryl/α,β-unsaturated/α-hetero) is 1. The Morgan fingerprint density at radius 1 is 1.50 bits per heavy atom. The highest BCUT2D eigenvalue weighted by Crippen LogP contribution is 1.84. The zero-order chi connectivity index (χ0) is 8.15. The van der Waals surface area contributed by atoms with Crippen LogP contribution in [0.15, 0.2) is 0 Å². The van der Waals surface area contributed by atoms with Gasteiger partial charge in [-0.1, -0.05) is 0 Å². The summed E-state index contributed by atoms with van der Waals surface area (Å²) in [6.07, 6.45) is 0. The van der Waals surface area contributed by atoms with Crippen LogP contribution in [-0.2, 0) is 9.59 Å². The Kier molecular flexibility index (Phi) is 3.64. The minimum Gasteiger partial charge on any atom is -0.388 e. The van der Waals surface area contributed by atoms with E-state index in [2.05, 4.69) is 0 Å². The number of aliphatic hydroxyl groups excluding tert-OH is 1. The zero-order valence-corrected chi connectivity index (χ0v) is 6.13. The van der Waals surface area contributed by atoms with Crippen LogP contribution in [0.25, 0.3) is 0 Å². The molecule has 4 nitrogen and oxygen atoms in total. The lowest BCUT2D eigenvalue weighted by Crippen LogP contribution is -2.34. The van der Waals surface area contributed by atoms with E-state index in [-0.39, 0.29) is 0 Å². The van der Waals surface area contributed by atoms with Crippen molar-refractivity contribution in [3.8, 4) is 0 Å². The van der Waals surface area contributed by atoms with E-state index in [1.807, 2.05) is 0 Å². The lowest BCUT2D eigenvalue weighted by atomic mass is 10.3. The smallest absolute Gasteiger partial charge is 0.292 e. The van der Waals surface area contributed by atoms with Gasteiger partial charge in [-0.15, -0.1) is 0 Å². The predicted octanol–water partition coefficient (Wildman–Crippen LogP) is -0.974. The van der Waals surface area contributed by atoms with Crippen LogP contribution in [0.2, 0.25) is 0 Å². The van der Waals surface area contributed by atoms with Gasteiger partial charge < -0.3 is 10.0 Å². The first-order valence-corrected chi connectivity index (χ1v) is 3.02. The second-order valence-electron chi connectivity index (χ2n) is 1.90. The molecule has 0 fully saturated rings. The van der Waals surface area contributed by atoms with Crippen LogP contribution in [0.5, 0.6) is 0 Å². The molecule has 0 unspecified atom stereocenters. The van der Waals surface area contributed by atoms with Crippen molar-refractivity contribution >= 4 is 11.7 Å². The molecule has 0 spiro atoms. The predicted molar refractivity (Wildman–Crippen MR) is 35.4 cm³/mol.